The fraction of sp³-hybridized carbons (Fsp3) is 0.455. The van der Waals surface area contributed by atoms with E-state index in [0.717, 1.165) is 24.9 Å². The summed E-state index contributed by atoms with van der Waals surface area (Å²) in [4.78, 5) is 0. The van der Waals surface area contributed by atoms with E-state index in [9.17, 15) is 10.2 Å². The molecule has 0 aliphatic carbocycles. The van der Waals surface area contributed by atoms with E-state index in [2.05, 4.69) is 5.32 Å². The highest BCUT2D eigenvalue weighted by molar-refractivity contribution is 5.32. The van der Waals surface area contributed by atoms with Crippen molar-refractivity contribution in [2.75, 3.05) is 13.2 Å². The lowest BCUT2D eigenvalue weighted by Crippen LogP contribution is -2.40. The van der Waals surface area contributed by atoms with Gasteiger partial charge in [0.05, 0.1) is 12.1 Å². The lowest BCUT2D eigenvalue weighted by Gasteiger charge is -2.27. The van der Waals surface area contributed by atoms with E-state index in [4.69, 9.17) is 0 Å². The summed E-state index contributed by atoms with van der Waals surface area (Å²) in [5.74, 6) is 0.264. The number of nitrogens with one attached hydrogen (secondary N) is 1. The van der Waals surface area contributed by atoms with Gasteiger partial charge in [0.2, 0.25) is 0 Å². The van der Waals surface area contributed by atoms with Crippen molar-refractivity contribution in [3.8, 4) is 5.75 Å². The van der Waals surface area contributed by atoms with Crippen molar-refractivity contribution in [2.24, 2.45) is 0 Å². The van der Waals surface area contributed by atoms with E-state index in [1.165, 1.54) is 0 Å². The Labute approximate surface area is 83.4 Å². The molecule has 1 atom stereocenters. The van der Waals surface area contributed by atoms with Crippen molar-refractivity contribution >= 4 is 0 Å². The maximum atomic E-state index is 9.41. The standard InChI is InChI=1S/C11H15NO2/c13-8-11(6-1-7-12-11)9-2-4-10(14)5-3-9/h2-5,12-14H,1,6-8H2. The van der Waals surface area contributed by atoms with E-state index in [-0.39, 0.29) is 17.9 Å². The first-order chi connectivity index (χ1) is 6.77. The molecule has 1 aromatic carbocycles. The lowest BCUT2D eigenvalue weighted by atomic mass is 9.89. The second kappa shape index (κ2) is 3.59. The predicted octanol–water partition coefficient (Wildman–Crippen LogP) is 0.963. The zero-order chi connectivity index (χ0) is 10.0. The molecule has 0 bridgehead atoms. The SMILES string of the molecule is OCC1(c2ccc(O)cc2)CCCN1. The third kappa shape index (κ3) is 1.49. The number of phenolic OH excluding ortho intramolecular Hbond substituents is 1. The van der Waals surface area contributed by atoms with Crippen molar-refractivity contribution in [3.63, 3.8) is 0 Å². The Morgan fingerprint density at radius 3 is 2.50 bits per heavy atom. The summed E-state index contributed by atoms with van der Waals surface area (Å²) in [6, 6.07) is 7.05. The molecule has 1 aliphatic rings. The summed E-state index contributed by atoms with van der Waals surface area (Å²) in [7, 11) is 0. The van der Waals surface area contributed by atoms with E-state index >= 15 is 0 Å². The van der Waals surface area contributed by atoms with Crippen LogP contribution in [0, 0.1) is 0 Å². The van der Waals surface area contributed by atoms with Crippen molar-refractivity contribution in [2.45, 2.75) is 18.4 Å². The summed E-state index contributed by atoms with van der Waals surface area (Å²) in [5, 5.41) is 21.9. The molecule has 1 saturated heterocycles. The Balaban J connectivity index is 2.31. The number of hydrogen-bond donors (Lipinski definition) is 3. The molecule has 1 unspecified atom stereocenters. The Morgan fingerprint density at radius 1 is 1.29 bits per heavy atom. The minimum Gasteiger partial charge on any atom is -0.508 e. The number of hydrogen-bond acceptors (Lipinski definition) is 3. The highest BCUT2D eigenvalue weighted by Crippen LogP contribution is 2.31. The van der Waals surface area contributed by atoms with E-state index < -0.39 is 0 Å². The van der Waals surface area contributed by atoms with Gasteiger partial charge in [0.25, 0.3) is 0 Å². The monoisotopic (exact) mass is 193 g/mol. The molecule has 1 fully saturated rings. The second-order valence-corrected chi connectivity index (χ2v) is 3.82. The van der Waals surface area contributed by atoms with Crippen LogP contribution >= 0.6 is 0 Å². The van der Waals surface area contributed by atoms with Crippen molar-refractivity contribution in [1.82, 2.24) is 5.32 Å². The van der Waals surface area contributed by atoms with Crippen LogP contribution in [0.3, 0.4) is 0 Å². The molecule has 76 valence electrons. The van der Waals surface area contributed by atoms with Gasteiger partial charge in [-0.3, -0.25) is 0 Å². The van der Waals surface area contributed by atoms with Gasteiger partial charge in [0.1, 0.15) is 5.75 Å². The van der Waals surface area contributed by atoms with Crippen molar-refractivity contribution in [1.29, 1.82) is 0 Å². The van der Waals surface area contributed by atoms with Crippen molar-refractivity contribution < 1.29 is 10.2 Å². The average molecular weight is 193 g/mol. The van der Waals surface area contributed by atoms with Crippen LogP contribution < -0.4 is 5.32 Å². The molecule has 1 heterocycles. The Bertz CT molecular complexity index is 302. The van der Waals surface area contributed by atoms with Gasteiger partial charge in [-0.15, -0.1) is 0 Å². The van der Waals surface area contributed by atoms with Gasteiger partial charge in [-0.05, 0) is 37.1 Å². The fourth-order valence-corrected chi connectivity index (χ4v) is 2.06. The molecule has 1 aromatic rings. The first-order valence-electron chi connectivity index (χ1n) is 4.92. The molecule has 0 amide bonds. The number of benzene rings is 1. The van der Waals surface area contributed by atoms with E-state index in [0.29, 0.717) is 0 Å². The van der Waals surface area contributed by atoms with Crippen LogP contribution in [0.15, 0.2) is 24.3 Å². The van der Waals surface area contributed by atoms with Gasteiger partial charge < -0.3 is 15.5 Å². The minimum absolute atomic E-state index is 0.109. The van der Waals surface area contributed by atoms with Crippen LogP contribution in [-0.4, -0.2) is 23.4 Å². The van der Waals surface area contributed by atoms with Gasteiger partial charge in [0, 0.05) is 0 Å². The molecule has 14 heavy (non-hydrogen) atoms. The van der Waals surface area contributed by atoms with Gasteiger partial charge in [-0.2, -0.15) is 0 Å². The molecular formula is C11H15NO2. The zero-order valence-corrected chi connectivity index (χ0v) is 8.03. The number of aromatic hydroxyl groups is 1. The molecule has 2 rings (SSSR count). The Kier molecular flexibility index (Phi) is 2.44. The second-order valence-electron chi connectivity index (χ2n) is 3.82. The average Bonchev–Trinajstić information content (AvgIpc) is 2.68. The molecule has 0 radical (unpaired) electrons. The first-order valence-corrected chi connectivity index (χ1v) is 4.92. The molecule has 0 aromatic heterocycles. The molecular weight excluding hydrogens is 178 g/mol. The summed E-state index contributed by atoms with van der Waals surface area (Å²) < 4.78 is 0. The number of rotatable bonds is 2. The minimum atomic E-state index is -0.284. The third-order valence-corrected chi connectivity index (χ3v) is 2.93. The van der Waals surface area contributed by atoms with Crippen LogP contribution in [-0.2, 0) is 5.54 Å². The van der Waals surface area contributed by atoms with E-state index in [1.807, 2.05) is 12.1 Å². The maximum Gasteiger partial charge on any atom is 0.115 e. The topological polar surface area (TPSA) is 52.5 Å². The number of aliphatic hydroxyl groups is 1. The fourth-order valence-electron chi connectivity index (χ4n) is 2.06. The first kappa shape index (κ1) is 9.49. The lowest BCUT2D eigenvalue weighted by molar-refractivity contribution is 0.178. The zero-order valence-electron chi connectivity index (χ0n) is 8.03. The highest BCUT2D eigenvalue weighted by atomic mass is 16.3. The largest absolute Gasteiger partial charge is 0.508 e. The normalized spacial score (nSPS) is 26.6. The maximum absolute atomic E-state index is 9.41. The summed E-state index contributed by atoms with van der Waals surface area (Å²) in [6.07, 6.45) is 2.04. The van der Waals surface area contributed by atoms with Crippen LogP contribution in [0.1, 0.15) is 18.4 Å². The van der Waals surface area contributed by atoms with Gasteiger partial charge in [0.15, 0.2) is 0 Å². The van der Waals surface area contributed by atoms with Crippen LogP contribution in [0.5, 0.6) is 5.75 Å². The molecule has 3 heteroatoms. The predicted molar refractivity (Wildman–Crippen MR) is 54.1 cm³/mol. The quantitative estimate of drug-likeness (QED) is 0.656. The molecule has 3 N–H and O–H groups in total. The molecule has 3 nitrogen and oxygen atoms in total. The van der Waals surface area contributed by atoms with Crippen molar-refractivity contribution in [3.05, 3.63) is 29.8 Å². The summed E-state index contributed by atoms with van der Waals surface area (Å²) in [5.41, 5.74) is 0.767. The number of aliphatic hydroxyl groups excluding tert-OH is 1. The number of phenols is 1. The highest BCUT2D eigenvalue weighted by Gasteiger charge is 2.34. The van der Waals surface area contributed by atoms with Crippen LogP contribution in [0.2, 0.25) is 0 Å². The van der Waals surface area contributed by atoms with Gasteiger partial charge in [-0.1, -0.05) is 12.1 Å². The third-order valence-electron chi connectivity index (χ3n) is 2.93. The molecule has 0 spiro atoms. The van der Waals surface area contributed by atoms with Crippen LogP contribution in [0.25, 0.3) is 0 Å². The van der Waals surface area contributed by atoms with Crippen LogP contribution in [0.4, 0.5) is 0 Å². The molecule has 1 aliphatic heterocycles. The van der Waals surface area contributed by atoms with Gasteiger partial charge in [-0.25, -0.2) is 0 Å². The Morgan fingerprint density at radius 2 is 2.00 bits per heavy atom. The Hall–Kier alpha value is -1.06. The van der Waals surface area contributed by atoms with E-state index in [1.54, 1.807) is 12.1 Å². The smallest absolute Gasteiger partial charge is 0.115 e. The van der Waals surface area contributed by atoms with Gasteiger partial charge >= 0.3 is 0 Å². The summed E-state index contributed by atoms with van der Waals surface area (Å²) in [6.45, 7) is 1.05. The summed E-state index contributed by atoms with van der Waals surface area (Å²) >= 11 is 0. The molecule has 0 saturated carbocycles.